The smallest absolute Gasteiger partial charge is 0.328 e. The first-order chi connectivity index (χ1) is 10.4. The van der Waals surface area contributed by atoms with Crippen LogP contribution in [0.15, 0.2) is 41.2 Å². The molecule has 114 valence electrons. The van der Waals surface area contributed by atoms with Gasteiger partial charge in [0, 0.05) is 12.1 Å². The predicted octanol–water partition coefficient (Wildman–Crippen LogP) is 2.16. The van der Waals surface area contributed by atoms with Crippen molar-refractivity contribution in [1.29, 1.82) is 0 Å². The molecule has 1 heterocycles. The lowest BCUT2D eigenvalue weighted by Gasteiger charge is -2.09. The van der Waals surface area contributed by atoms with Crippen molar-refractivity contribution in [2.24, 2.45) is 0 Å². The van der Waals surface area contributed by atoms with Crippen LogP contribution in [-0.4, -0.2) is 26.0 Å². The number of hydrogen-bond acceptors (Lipinski definition) is 4. The molecule has 0 aliphatic heterocycles. The van der Waals surface area contributed by atoms with Crippen LogP contribution in [0, 0.1) is 0 Å². The Morgan fingerprint density at radius 1 is 1.27 bits per heavy atom. The van der Waals surface area contributed by atoms with Gasteiger partial charge in [0.1, 0.15) is 11.4 Å². The van der Waals surface area contributed by atoms with Crippen molar-refractivity contribution in [1.82, 2.24) is 9.78 Å². The third-order valence-corrected chi connectivity index (χ3v) is 3.13. The van der Waals surface area contributed by atoms with E-state index in [0.29, 0.717) is 11.6 Å². The molecule has 2 rings (SSSR count). The third kappa shape index (κ3) is 3.41. The van der Waals surface area contributed by atoms with Crippen molar-refractivity contribution < 1.29 is 15.0 Å². The van der Waals surface area contributed by atoms with Crippen LogP contribution in [0.1, 0.15) is 31.0 Å². The summed E-state index contributed by atoms with van der Waals surface area (Å²) in [7, 11) is 0. The topological polar surface area (TPSA) is 92.4 Å². The summed E-state index contributed by atoms with van der Waals surface area (Å²) in [6.07, 6.45) is 1.98. The van der Waals surface area contributed by atoms with E-state index in [-0.39, 0.29) is 11.4 Å². The largest absolute Gasteiger partial charge is 0.505 e. The van der Waals surface area contributed by atoms with E-state index in [0.717, 1.165) is 28.5 Å². The van der Waals surface area contributed by atoms with Gasteiger partial charge in [-0.25, -0.2) is 4.79 Å². The molecule has 0 amide bonds. The predicted molar refractivity (Wildman–Crippen MR) is 82.3 cm³/mol. The highest BCUT2D eigenvalue weighted by molar-refractivity contribution is 5.85. The number of hydrogen-bond donors (Lipinski definition) is 2. The zero-order valence-corrected chi connectivity index (χ0v) is 12.2. The van der Waals surface area contributed by atoms with Gasteiger partial charge in [-0.3, -0.25) is 4.79 Å². The van der Waals surface area contributed by atoms with E-state index in [9.17, 15) is 14.7 Å². The summed E-state index contributed by atoms with van der Waals surface area (Å²) in [6.45, 7) is 4.13. The number of aromatic hydroxyl groups is 1. The highest BCUT2D eigenvalue weighted by Crippen LogP contribution is 2.17. The van der Waals surface area contributed by atoms with Gasteiger partial charge in [-0.2, -0.15) is 9.78 Å². The lowest BCUT2D eigenvalue weighted by atomic mass is 10.0. The number of carboxylic acids is 1. The number of nitrogens with zero attached hydrogens (tertiary/aromatic N) is 2. The van der Waals surface area contributed by atoms with Gasteiger partial charge < -0.3 is 10.2 Å². The average Bonchev–Trinajstić information content (AvgIpc) is 2.46. The van der Waals surface area contributed by atoms with Gasteiger partial charge in [-0.05, 0) is 29.7 Å². The van der Waals surface area contributed by atoms with Crippen molar-refractivity contribution in [3.8, 4) is 11.4 Å². The van der Waals surface area contributed by atoms with E-state index in [2.05, 4.69) is 18.9 Å². The fourth-order valence-corrected chi connectivity index (χ4v) is 1.91. The second-order valence-electron chi connectivity index (χ2n) is 5.08. The van der Waals surface area contributed by atoms with E-state index in [1.807, 2.05) is 12.1 Å². The Balaban J connectivity index is 2.48. The Morgan fingerprint density at radius 2 is 1.91 bits per heavy atom. The van der Waals surface area contributed by atoms with E-state index in [1.165, 1.54) is 0 Å². The van der Waals surface area contributed by atoms with Crippen molar-refractivity contribution in [2.75, 3.05) is 0 Å². The van der Waals surface area contributed by atoms with Gasteiger partial charge in [0.25, 0.3) is 5.56 Å². The molecule has 0 atom stereocenters. The van der Waals surface area contributed by atoms with Gasteiger partial charge in [-0.15, -0.1) is 0 Å². The van der Waals surface area contributed by atoms with Crippen LogP contribution in [0.3, 0.4) is 0 Å². The number of carbonyl (C=O) groups is 1. The molecule has 0 saturated heterocycles. The van der Waals surface area contributed by atoms with E-state index in [4.69, 9.17) is 5.11 Å². The Kier molecular flexibility index (Phi) is 4.41. The fraction of sp³-hybridized carbons (Fsp3) is 0.188. The molecule has 0 bridgehead atoms. The number of rotatable bonds is 4. The van der Waals surface area contributed by atoms with Crippen molar-refractivity contribution in [3.63, 3.8) is 0 Å². The summed E-state index contributed by atoms with van der Waals surface area (Å²) in [4.78, 5) is 22.5. The summed E-state index contributed by atoms with van der Waals surface area (Å²) in [5.74, 6) is -1.16. The molecule has 1 aromatic carbocycles. The van der Waals surface area contributed by atoms with Crippen LogP contribution in [0.5, 0.6) is 5.75 Å². The van der Waals surface area contributed by atoms with Gasteiger partial charge in [0.2, 0.25) is 0 Å². The zero-order valence-electron chi connectivity index (χ0n) is 12.2. The van der Waals surface area contributed by atoms with Crippen LogP contribution >= 0.6 is 0 Å². The van der Waals surface area contributed by atoms with Gasteiger partial charge >= 0.3 is 5.97 Å². The molecule has 2 aromatic rings. The highest BCUT2D eigenvalue weighted by atomic mass is 16.4. The first-order valence-corrected chi connectivity index (χ1v) is 6.73. The summed E-state index contributed by atoms with van der Waals surface area (Å²) in [5.41, 5.74) is 1.18. The molecule has 2 N–H and O–H groups in total. The average molecular weight is 300 g/mol. The maximum absolute atomic E-state index is 11.9. The molecule has 0 spiro atoms. The number of carboxylic acid groups (broad SMARTS) is 1. The normalized spacial score (nSPS) is 11.2. The molecule has 0 radical (unpaired) electrons. The minimum absolute atomic E-state index is 0.00920. The standard InChI is InChI=1S/C16H16N2O4/c1-10(2)11-3-5-12(6-4-11)18-15(20)9-14(19)13(17-18)7-8-16(21)22/h3-10,19H,1-2H3,(H,21,22)/b8-7+. The fourth-order valence-electron chi connectivity index (χ4n) is 1.91. The molecule has 0 unspecified atom stereocenters. The van der Waals surface area contributed by atoms with Crippen LogP contribution in [0.25, 0.3) is 11.8 Å². The molecular formula is C16H16N2O4. The quantitative estimate of drug-likeness (QED) is 0.844. The van der Waals surface area contributed by atoms with E-state index in [1.54, 1.807) is 12.1 Å². The summed E-state index contributed by atoms with van der Waals surface area (Å²) in [6, 6.07) is 8.31. The monoisotopic (exact) mass is 300 g/mol. The Morgan fingerprint density at radius 3 is 2.45 bits per heavy atom. The molecule has 0 aliphatic carbocycles. The number of benzene rings is 1. The second-order valence-corrected chi connectivity index (χ2v) is 5.08. The molecule has 0 saturated carbocycles. The Hall–Kier alpha value is -2.89. The maximum Gasteiger partial charge on any atom is 0.328 e. The molecule has 0 aliphatic rings. The Labute approximate surface area is 127 Å². The van der Waals surface area contributed by atoms with Crippen LogP contribution < -0.4 is 5.56 Å². The van der Waals surface area contributed by atoms with Crippen LogP contribution in [0.2, 0.25) is 0 Å². The molecule has 6 heteroatoms. The van der Waals surface area contributed by atoms with Gasteiger partial charge in [0.05, 0.1) is 5.69 Å². The highest BCUT2D eigenvalue weighted by Gasteiger charge is 2.08. The summed E-state index contributed by atoms with van der Waals surface area (Å²) in [5, 5.41) is 22.3. The second kappa shape index (κ2) is 6.26. The van der Waals surface area contributed by atoms with E-state index < -0.39 is 11.5 Å². The van der Waals surface area contributed by atoms with E-state index >= 15 is 0 Å². The lowest BCUT2D eigenvalue weighted by molar-refractivity contribution is -0.131. The number of aliphatic carboxylic acids is 1. The third-order valence-electron chi connectivity index (χ3n) is 3.13. The molecule has 0 fully saturated rings. The first-order valence-electron chi connectivity index (χ1n) is 6.73. The Bertz CT molecular complexity index is 774. The van der Waals surface area contributed by atoms with Gasteiger partial charge in [-0.1, -0.05) is 26.0 Å². The SMILES string of the molecule is CC(C)c1ccc(-n2nc(/C=C/C(=O)O)c(O)cc2=O)cc1. The molecule has 1 aromatic heterocycles. The summed E-state index contributed by atoms with van der Waals surface area (Å²) < 4.78 is 1.12. The zero-order chi connectivity index (χ0) is 16.3. The van der Waals surface area contributed by atoms with Crippen molar-refractivity contribution >= 4 is 12.0 Å². The van der Waals surface area contributed by atoms with Gasteiger partial charge in [0.15, 0.2) is 0 Å². The lowest BCUT2D eigenvalue weighted by Crippen LogP contribution is -2.20. The molecular weight excluding hydrogens is 284 g/mol. The van der Waals surface area contributed by atoms with Crippen molar-refractivity contribution in [3.05, 3.63) is 58.0 Å². The van der Waals surface area contributed by atoms with Crippen LogP contribution in [-0.2, 0) is 4.79 Å². The summed E-state index contributed by atoms with van der Waals surface area (Å²) >= 11 is 0. The minimum atomic E-state index is -1.17. The maximum atomic E-state index is 11.9. The molecule has 22 heavy (non-hydrogen) atoms. The first kappa shape index (κ1) is 15.5. The van der Waals surface area contributed by atoms with Crippen LogP contribution in [0.4, 0.5) is 0 Å². The van der Waals surface area contributed by atoms with Crippen molar-refractivity contribution in [2.45, 2.75) is 19.8 Å². The molecule has 6 nitrogen and oxygen atoms in total. The number of aromatic nitrogens is 2. The minimum Gasteiger partial charge on any atom is -0.505 e.